The van der Waals surface area contributed by atoms with Gasteiger partial charge in [0.25, 0.3) is 5.91 Å². The highest BCUT2D eigenvalue weighted by molar-refractivity contribution is 5.93. The predicted molar refractivity (Wildman–Crippen MR) is 64.3 cm³/mol. The van der Waals surface area contributed by atoms with E-state index < -0.39 is 0 Å². The van der Waals surface area contributed by atoms with Gasteiger partial charge in [-0.25, -0.2) is 5.01 Å². The summed E-state index contributed by atoms with van der Waals surface area (Å²) in [6.45, 7) is 4.21. The normalized spacial score (nSPS) is 11.0. The van der Waals surface area contributed by atoms with Gasteiger partial charge in [0, 0.05) is 25.7 Å². The molecule has 4 nitrogen and oxygen atoms in total. The zero-order chi connectivity index (χ0) is 12.0. The lowest BCUT2D eigenvalue weighted by Crippen LogP contribution is -2.21. The number of hydrazone groups is 1. The molecule has 0 aliphatic carbocycles. The predicted octanol–water partition coefficient (Wildman–Crippen LogP) is 2.19. The van der Waals surface area contributed by atoms with Crippen LogP contribution in [0.15, 0.2) is 29.6 Å². The zero-order valence-electron chi connectivity index (χ0n) is 9.92. The topological polar surface area (TPSA) is 45.6 Å². The average Bonchev–Trinajstić information content (AvgIpc) is 2.28. The van der Waals surface area contributed by atoms with Crippen molar-refractivity contribution in [1.29, 1.82) is 0 Å². The average molecular weight is 219 g/mol. The first-order chi connectivity index (χ1) is 7.61. The maximum atomic E-state index is 11.8. The van der Waals surface area contributed by atoms with Gasteiger partial charge in [0.15, 0.2) is 0 Å². The van der Waals surface area contributed by atoms with E-state index in [-0.39, 0.29) is 5.91 Å². The lowest BCUT2D eigenvalue weighted by molar-refractivity contribution is 0.0799. The summed E-state index contributed by atoms with van der Waals surface area (Å²) in [5.41, 5.74) is 0.548. The monoisotopic (exact) mass is 219 g/mol. The molecule has 0 spiro atoms. The summed E-state index contributed by atoms with van der Waals surface area (Å²) in [6, 6.07) is 3.46. The number of carbonyl (C=O) groups excluding carboxylic acids is 1. The highest BCUT2D eigenvalue weighted by Gasteiger charge is 2.09. The maximum absolute atomic E-state index is 11.8. The molecule has 0 N–H and O–H groups in total. The van der Waals surface area contributed by atoms with Crippen LogP contribution in [-0.2, 0) is 0 Å². The summed E-state index contributed by atoms with van der Waals surface area (Å²) < 4.78 is 0. The molecule has 0 radical (unpaired) electrons. The van der Waals surface area contributed by atoms with Crippen molar-refractivity contribution >= 4 is 12.1 Å². The van der Waals surface area contributed by atoms with Crippen molar-refractivity contribution in [2.24, 2.45) is 11.0 Å². The van der Waals surface area contributed by atoms with E-state index >= 15 is 0 Å². The Bertz CT molecular complexity index is 360. The lowest BCUT2D eigenvalue weighted by atomic mass is 10.2. The molecule has 1 heterocycles. The van der Waals surface area contributed by atoms with Gasteiger partial charge in [-0.05, 0) is 24.5 Å². The Morgan fingerprint density at radius 3 is 2.94 bits per heavy atom. The van der Waals surface area contributed by atoms with Gasteiger partial charge >= 0.3 is 0 Å². The summed E-state index contributed by atoms with van der Waals surface area (Å²) in [5, 5.41) is 5.40. The standard InChI is InChI=1S/C12H17N3O/c1-10(2)6-8-14-15(3)12(16)11-5-4-7-13-9-11/h4-5,7-10H,6H2,1-3H3/b14-8-. The Balaban J connectivity index is 2.58. The highest BCUT2D eigenvalue weighted by Crippen LogP contribution is 2.02. The fraction of sp³-hybridized carbons (Fsp3) is 0.417. The summed E-state index contributed by atoms with van der Waals surface area (Å²) in [5.74, 6) is 0.402. The van der Waals surface area contributed by atoms with Crippen molar-refractivity contribution in [1.82, 2.24) is 9.99 Å². The van der Waals surface area contributed by atoms with Crippen LogP contribution in [0.25, 0.3) is 0 Å². The van der Waals surface area contributed by atoms with Crippen LogP contribution < -0.4 is 0 Å². The molecule has 1 aromatic heterocycles. The third-order valence-corrected chi connectivity index (χ3v) is 2.03. The smallest absolute Gasteiger partial charge is 0.267 e. The number of amides is 1. The number of carbonyl (C=O) groups is 1. The van der Waals surface area contributed by atoms with E-state index in [1.807, 2.05) is 0 Å². The van der Waals surface area contributed by atoms with Crippen molar-refractivity contribution < 1.29 is 4.79 Å². The summed E-state index contributed by atoms with van der Waals surface area (Å²) >= 11 is 0. The first-order valence-corrected chi connectivity index (χ1v) is 5.31. The van der Waals surface area contributed by atoms with E-state index in [4.69, 9.17) is 0 Å². The van der Waals surface area contributed by atoms with Crippen LogP contribution in [0.4, 0.5) is 0 Å². The van der Waals surface area contributed by atoms with Gasteiger partial charge < -0.3 is 0 Å². The minimum Gasteiger partial charge on any atom is -0.267 e. The number of aromatic nitrogens is 1. The number of hydrogen-bond donors (Lipinski definition) is 0. The molecular weight excluding hydrogens is 202 g/mol. The SMILES string of the molecule is CC(C)C/C=N\N(C)C(=O)c1cccnc1. The summed E-state index contributed by atoms with van der Waals surface area (Å²) in [6.07, 6.45) is 5.80. The van der Waals surface area contributed by atoms with Crippen LogP contribution >= 0.6 is 0 Å². The van der Waals surface area contributed by atoms with Crippen molar-refractivity contribution in [3.63, 3.8) is 0 Å². The molecule has 0 saturated heterocycles. The fourth-order valence-electron chi connectivity index (χ4n) is 1.11. The molecule has 0 aliphatic rings. The first kappa shape index (κ1) is 12.4. The number of rotatable bonds is 4. The molecule has 0 bridgehead atoms. The van der Waals surface area contributed by atoms with Gasteiger partial charge in [0.1, 0.15) is 0 Å². The third kappa shape index (κ3) is 3.81. The Hall–Kier alpha value is -1.71. The van der Waals surface area contributed by atoms with E-state index in [2.05, 4.69) is 23.9 Å². The van der Waals surface area contributed by atoms with Crippen LogP contribution in [0.1, 0.15) is 30.6 Å². The van der Waals surface area contributed by atoms with Crippen molar-refractivity contribution in [2.45, 2.75) is 20.3 Å². The van der Waals surface area contributed by atoms with Crippen LogP contribution in [-0.4, -0.2) is 29.2 Å². The van der Waals surface area contributed by atoms with Gasteiger partial charge in [0.05, 0.1) is 5.56 Å². The quantitative estimate of drug-likeness (QED) is 0.575. The second-order valence-electron chi connectivity index (χ2n) is 4.00. The Kier molecular flexibility index (Phi) is 4.64. The molecule has 4 heteroatoms. The van der Waals surface area contributed by atoms with Crippen molar-refractivity contribution in [3.8, 4) is 0 Å². The summed E-state index contributed by atoms with van der Waals surface area (Å²) in [4.78, 5) is 15.7. The maximum Gasteiger partial charge on any atom is 0.275 e. The van der Waals surface area contributed by atoms with E-state index in [1.165, 1.54) is 11.2 Å². The van der Waals surface area contributed by atoms with Crippen LogP contribution in [0.2, 0.25) is 0 Å². The highest BCUT2D eigenvalue weighted by atomic mass is 16.2. The number of hydrogen-bond acceptors (Lipinski definition) is 3. The summed E-state index contributed by atoms with van der Waals surface area (Å²) in [7, 11) is 1.64. The van der Waals surface area contributed by atoms with Crippen molar-refractivity contribution in [3.05, 3.63) is 30.1 Å². The molecule has 0 unspecified atom stereocenters. The van der Waals surface area contributed by atoms with Gasteiger partial charge in [-0.2, -0.15) is 5.10 Å². The van der Waals surface area contributed by atoms with Crippen LogP contribution in [0.5, 0.6) is 0 Å². The second-order valence-corrected chi connectivity index (χ2v) is 4.00. The zero-order valence-corrected chi connectivity index (χ0v) is 9.92. The molecule has 0 fully saturated rings. The molecule has 0 aromatic carbocycles. The minimum absolute atomic E-state index is 0.145. The molecule has 1 rings (SSSR count). The molecule has 1 aromatic rings. The van der Waals surface area contributed by atoms with E-state index in [0.29, 0.717) is 11.5 Å². The van der Waals surface area contributed by atoms with Gasteiger partial charge in [-0.1, -0.05) is 13.8 Å². The largest absolute Gasteiger partial charge is 0.275 e. The molecular formula is C12H17N3O. The first-order valence-electron chi connectivity index (χ1n) is 5.31. The molecule has 0 saturated carbocycles. The van der Waals surface area contributed by atoms with Crippen molar-refractivity contribution in [2.75, 3.05) is 7.05 Å². The number of pyridine rings is 1. The molecule has 86 valence electrons. The molecule has 0 aliphatic heterocycles. The minimum atomic E-state index is -0.145. The van der Waals surface area contributed by atoms with E-state index in [1.54, 1.807) is 31.6 Å². The lowest BCUT2D eigenvalue weighted by Gasteiger charge is -2.10. The molecule has 1 amide bonds. The van der Waals surface area contributed by atoms with Gasteiger partial charge in [-0.15, -0.1) is 0 Å². The number of nitrogens with zero attached hydrogens (tertiary/aromatic N) is 3. The third-order valence-electron chi connectivity index (χ3n) is 2.03. The Labute approximate surface area is 96.0 Å². The van der Waals surface area contributed by atoms with E-state index in [9.17, 15) is 4.79 Å². The van der Waals surface area contributed by atoms with E-state index in [0.717, 1.165) is 6.42 Å². The Morgan fingerprint density at radius 1 is 1.62 bits per heavy atom. The fourth-order valence-corrected chi connectivity index (χ4v) is 1.11. The molecule has 16 heavy (non-hydrogen) atoms. The molecule has 0 atom stereocenters. The van der Waals surface area contributed by atoms with Gasteiger partial charge in [0.2, 0.25) is 0 Å². The van der Waals surface area contributed by atoms with Crippen LogP contribution in [0, 0.1) is 5.92 Å². The Morgan fingerprint density at radius 2 is 2.38 bits per heavy atom. The second kappa shape index (κ2) is 6.00. The van der Waals surface area contributed by atoms with Crippen LogP contribution in [0.3, 0.4) is 0 Å². The van der Waals surface area contributed by atoms with Gasteiger partial charge in [-0.3, -0.25) is 9.78 Å².